The highest BCUT2D eigenvalue weighted by Gasteiger charge is 2.20. The van der Waals surface area contributed by atoms with Crippen LogP contribution in [0, 0.1) is 0 Å². The average Bonchev–Trinajstić information content (AvgIpc) is 3.30. The molecule has 58 heavy (non-hydrogen) atoms. The molecule has 11 rings (SSSR count). The first-order chi connectivity index (χ1) is 28.8. The van der Waals surface area contributed by atoms with E-state index < -0.39 is 0 Å². The summed E-state index contributed by atoms with van der Waals surface area (Å²) in [6.07, 6.45) is 0. The van der Waals surface area contributed by atoms with Gasteiger partial charge in [0, 0.05) is 33.8 Å². The van der Waals surface area contributed by atoms with Crippen LogP contribution in [0.2, 0.25) is 0 Å². The number of nitrogens with zero attached hydrogens (tertiary/aromatic N) is 2. The maximum absolute atomic E-state index is 2.42. The molecule has 0 aliphatic rings. The van der Waals surface area contributed by atoms with E-state index in [4.69, 9.17) is 0 Å². The third-order valence-electron chi connectivity index (χ3n) is 11.6. The van der Waals surface area contributed by atoms with Crippen molar-refractivity contribution >= 4 is 88.0 Å². The normalized spacial score (nSPS) is 11.4. The number of rotatable bonds is 7. The largest absolute Gasteiger partial charge is 0.310 e. The van der Waals surface area contributed by atoms with E-state index in [2.05, 4.69) is 240 Å². The van der Waals surface area contributed by atoms with Gasteiger partial charge in [-0.15, -0.1) is 0 Å². The van der Waals surface area contributed by atoms with Gasteiger partial charge in [0.05, 0.1) is 5.69 Å². The number of hydrogen-bond donors (Lipinski definition) is 0. The van der Waals surface area contributed by atoms with Crippen LogP contribution in [0.1, 0.15) is 0 Å². The molecule has 0 aliphatic heterocycles. The van der Waals surface area contributed by atoms with Crippen molar-refractivity contribution < 1.29 is 0 Å². The molecule has 0 amide bonds. The standard InChI is InChI=1S/C56H38N2/c1-3-18-44(19-4-1)57(47-32-26-39-14-7-9-16-42(39)36-47)46-30-28-41(29-31-46)49-24-13-25-51-52(49)34-35-53-50-22-11-12-23-54(50)56(38-55(51)53)58(45-20-5-2-6-21-45)48-33-27-40-15-8-10-17-43(40)37-48/h1-38H. The van der Waals surface area contributed by atoms with Gasteiger partial charge in [0.2, 0.25) is 0 Å². The molecule has 0 N–H and O–H groups in total. The van der Waals surface area contributed by atoms with Crippen molar-refractivity contribution in [2.75, 3.05) is 9.80 Å². The Labute approximate surface area is 338 Å². The topological polar surface area (TPSA) is 6.48 Å². The summed E-state index contributed by atoms with van der Waals surface area (Å²) in [5, 5.41) is 12.3. The molecule has 11 aromatic carbocycles. The second kappa shape index (κ2) is 14.1. The summed E-state index contributed by atoms with van der Waals surface area (Å²) in [7, 11) is 0. The third kappa shape index (κ3) is 5.82. The molecule has 0 aliphatic carbocycles. The van der Waals surface area contributed by atoms with Crippen LogP contribution >= 0.6 is 0 Å². The van der Waals surface area contributed by atoms with E-state index in [1.54, 1.807) is 0 Å². The summed E-state index contributed by atoms with van der Waals surface area (Å²) in [5.41, 5.74) is 9.17. The summed E-state index contributed by atoms with van der Waals surface area (Å²) >= 11 is 0. The number of para-hydroxylation sites is 2. The van der Waals surface area contributed by atoms with Crippen molar-refractivity contribution in [3.63, 3.8) is 0 Å². The Bertz CT molecular complexity index is 3280. The second-order valence-corrected chi connectivity index (χ2v) is 15.0. The van der Waals surface area contributed by atoms with Crippen molar-refractivity contribution in [2.45, 2.75) is 0 Å². The van der Waals surface area contributed by atoms with Crippen LogP contribution < -0.4 is 9.80 Å². The van der Waals surface area contributed by atoms with Gasteiger partial charge in [0.1, 0.15) is 0 Å². The highest BCUT2D eigenvalue weighted by molar-refractivity contribution is 6.23. The highest BCUT2D eigenvalue weighted by atomic mass is 15.1. The van der Waals surface area contributed by atoms with Gasteiger partial charge in [0.25, 0.3) is 0 Å². The summed E-state index contributed by atoms with van der Waals surface area (Å²) < 4.78 is 0. The summed E-state index contributed by atoms with van der Waals surface area (Å²) in [6.45, 7) is 0. The number of fused-ring (bicyclic) bond motifs is 7. The van der Waals surface area contributed by atoms with Crippen LogP contribution in [0.15, 0.2) is 231 Å². The molecule has 0 fully saturated rings. The Morgan fingerprint density at radius 3 is 1.33 bits per heavy atom. The van der Waals surface area contributed by atoms with E-state index in [1.165, 1.54) is 65.0 Å². The first-order valence-electron chi connectivity index (χ1n) is 19.9. The first-order valence-corrected chi connectivity index (χ1v) is 19.9. The molecule has 0 bridgehead atoms. The lowest BCUT2D eigenvalue weighted by atomic mass is 9.91. The van der Waals surface area contributed by atoms with Crippen LogP contribution in [0.5, 0.6) is 0 Å². The minimum Gasteiger partial charge on any atom is -0.310 e. The molecule has 0 radical (unpaired) electrons. The van der Waals surface area contributed by atoms with Crippen molar-refractivity contribution in [1.29, 1.82) is 0 Å². The second-order valence-electron chi connectivity index (χ2n) is 15.0. The zero-order valence-electron chi connectivity index (χ0n) is 31.8. The zero-order chi connectivity index (χ0) is 38.4. The molecule has 11 aromatic rings. The fraction of sp³-hybridized carbons (Fsp3) is 0. The average molecular weight is 739 g/mol. The van der Waals surface area contributed by atoms with Gasteiger partial charge in [-0.1, -0.05) is 164 Å². The fourth-order valence-electron chi connectivity index (χ4n) is 8.81. The van der Waals surface area contributed by atoms with E-state index in [-0.39, 0.29) is 0 Å². The van der Waals surface area contributed by atoms with Crippen LogP contribution in [-0.2, 0) is 0 Å². The van der Waals surface area contributed by atoms with Crippen molar-refractivity contribution in [3.8, 4) is 11.1 Å². The fourth-order valence-corrected chi connectivity index (χ4v) is 8.81. The Kier molecular flexibility index (Phi) is 8.19. The molecule has 0 spiro atoms. The lowest BCUT2D eigenvalue weighted by molar-refractivity contribution is 1.29. The molecule has 0 unspecified atom stereocenters. The predicted octanol–water partition coefficient (Wildman–Crippen LogP) is 16.1. The van der Waals surface area contributed by atoms with E-state index in [9.17, 15) is 0 Å². The molecule has 0 atom stereocenters. The first kappa shape index (κ1) is 33.6. The Hall–Kier alpha value is -7.68. The summed E-state index contributed by atoms with van der Waals surface area (Å²) in [5.74, 6) is 0. The molecular weight excluding hydrogens is 701 g/mol. The molecule has 0 heterocycles. The van der Waals surface area contributed by atoms with E-state index in [0.717, 1.165) is 34.1 Å². The minimum atomic E-state index is 1.11. The van der Waals surface area contributed by atoms with Crippen LogP contribution in [0.3, 0.4) is 0 Å². The van der Waals surface area contributed by atoms with Gasteiger partial charge in [0.15, 0.2) is 0 Å². The number of benzene rings is 11. The maximum Gasteiger partial charge on any atom is 0.0546 e. The van der Waals surface area contributed by atoms with Crippen molar-refractivity contribution in [2.24, 2.45) is 0 Å². The lowest BCUT2D eigenvalue weighted by Crippen LogP contribution is -2.10. The maximum atomic E-state index is 2.42. The molecule has 2 heteroatoms. The summed E-state index contributed by atoms with van der Waals surface area (Å²) in [4.78, 5) is 4.76. The Morgan fingerprint density at radius 2 is 0.672 bits per heavy atom. The van der Waals surface area contributed by atoms with Crippen LogP contribution in [0.25, 0.3) is 65.0 Å². The SMILES string of the molecule is c1ccc(N(c2ccc(-c3cccc4c3ccc3c5ccccc5c(N(c5ccccc5)c5ccc6ccccc6c5)cc43)cc2)c2ccc3ccccc3c2)cc1. The Morgan fingerprint density at radius 1 is 0.224 bits per heavy atom. The van der Waals surface area contributed by atoms with Crippen LogP contribution in [0.4, 0.5) is 34.1 Å². The molecule has 2 nitrogen and oxygen atoms in total. The van der Waals surface area contributed by atoms with Gasteiger partial charge in [-0.2, -0.15) is 0 Å². The number of hydrogen-bond acceptors (Lipinski definition) is 2. The van der Waals surface area contributed by atoms with Gasteiger partial charge < -0.3 is 9.80 Å². The third-order valence-corrected chi connectivity index (χ3v) is 11.6. The quantitative estimate of drug-likeness (QED) is 0.150. The van der Waals surface area contributed by atoms with E-state index >= 15 is 0 Å². The smallest absolute Gasteiger partial charge is 0.0546 e. The van der Waals surface area contributed by atoms with Gasteiger partial charge >= 0.3 is 0 Å². The van der Waals surface area contributed by atoms with Crippen LogP contribution in [-0.4, -0.2) is 0 Å². The molecule has 0 saturated carbocycles. The minimum absolute atomic E-state index is 1.11. The summed E-state index contributed by atoms with van der Waals surface area (Å²) in [6, 6.07) is 83.8. The van der Waals surface area contributed by atoms with Gasteiger partial charge in [-0.3, -0.25) is 0 Å². The Balaban J connectivity index is 1.07. The van der Waals surface area contributed by atoms with Crippen molar-refractivity contribution in [1.82, 2.24) is 0 Å². The van der Waals surface area contributed by atoms with E-state index in [0.29, 0.717) is 0 Å². The number of anilines is 6. The lowest BCUT2D eigenvalue weighted by Gasteiger charge is -2.28. The van der Waals surface area contributed by atoms with Gasteiger partial charge in [-0.05, 0) is 126 Å². The highest BCUT2D eigenvalue weighted by Crippen LogP contribution is 2.45. The predicted molar refractivity (Wildman–Crippen MR) is 249 cm³/mol. The van der Waals surface area contributed by atoms with Gasteiger partial charge in [-0.25, -0.2) is 0 Å². The zero-order valence-corrected chi connectivity index (χ0v) is 31.8. The van der Waals surface area contributed by atoms with E-state index in [1.807, 2.05) is 0 Å². The molecular formula is C56H38N2. The molecule has 0 saturated heterocycles. The molecule has 272 valence electrons. The monoisotopic (exact) mass is 738 g/mol. The molecule has 0 aromatic heterocycles. The van der Waals surface area contributed by atoms with Crippen molar-refractivity contribution in [3.05, 3.63) is 231 Å².